The van der Waals surface area contributed by atoms with Gasteiger partial charge in [0, 0.05) is 4.47 Å². The third-order valence-corrected chi connectivity index (χ3v) is 3.74. The number of benzene rings is 2. The maximum absolute atomic E-state index is 11.9. The molecular formula is C18H19BrN2O4. The summed E-state index contributed by atoms with van der Waals surface area (Å²) in [5, 5.41) is 0. The molecule has 0 saturated carbocycles. The first-order valence-corrected chi connectivity index (χ1v) is 8.44. The third kappa shape index (κ3) is 6.46. The van der Waals surface area contributed by atoms with Gasteiger partial charge in [-0.2, -0.15) is 0 Å². The number of amides is 2. The maximum Gasteiger partial charge on any atom is 0.279 e. The lowest BCUT2D eigenvalue weighted by atomic mass is 10.2. The number of carbonyl (C=O) groups is 2. The lowest BCUT2D eigenvalue weighted by molar-refractivity contribution is -0.133. The van der Waals surface area contributed by atoms with Crippen LogP contribution in [0.5, 0.6) is 11.5 Å². The van der Waals surface area contributed by atoms with Crippen LogP contribution in [0, 0.1) is 6.92 Å². The molecule has 0 aliphatic heterocycles. The zero-order valence-corrected chi connectivity index (χ0v) is 15.5. The van der Waals surface area contributed by atoms with Crippen LogP contribution in [0.4, 0.5) is 0 Å². The molecule has 0 radical (unpaired) electrons. The van der Waals surface area contributed by atoms with Crippen molar-refractivity contribution < 1.29 is 19.1 Å². The first-order chi connectivity index (χ1) is 11.9. The Labute approximate surface area is 154 Å². The maximum atomic E-state index is 11.9. The minimum Gasteiger partial charge on any atom is -0.484 e. The van der Waals surface area contributed by atoms with Gasteiger partial charge in [-0.25, -0.2) is 0 Å². The summed E-state index contributed by atoms with van der Waals surface area (Å²) >= 11 is 3.31. The van der Waals surface area contributed by atoms with E-state index in [1.807, 2.05) is 19.1 Å². The van der Waals surface area contributed by atoms with E-state index >= 15 is 0 Å². The lowest BCUT2D eigenvalue weighted by Gasteiger charge is -2.15. The van der Waals surface area contributed by atoms with Gasteiger partial charge in [0.05, 0.1) is 0 Å². The minimum atomic E-state index is -0.754. The molecule has 0 aromatic heterocycles. The SMILES string of the molecule is Cc1ccc(OC(C)C(=O)NNC(=O)COc2ccc(Br)cc2)cc1. The molecular weight excluding hydrogens is 388 g/mol. The van der Waals surface area contributed by atoms with Crippen LogP contribution in [-0.2, 0) is 9.59 Å². The summed E-state index contributed by atoms with van der Waals surface area (Å²) < 4.78 is 11.7. The van der Waals surface area contributed by atoms with E-state index in [4.69, 9.17) is 9.47 Å². The fourth-order valence-electron chi connectivity index (χ4n) is 1.82. The van der Waals surface area contributed by atoms with Crippen molar-refractivity contribution in [1.29, 1.82) is 0 Å². The van der Waals surface area contributed by atoms with Crippen molar-refractivity contribution in [3.05, 3.63) is 58.6 Å². The Bertz CT molecular complexity index is 717. The first kappa shape index (κ1) is 18.8. The number of ether oxygens (including phenoxy) is 2. The molecule has 132 valence electrons. The number of halogens is 1. The standard InChI is InChI=1S/C18H19BrN2O4/c1-12-3-7-16(8-4-12)25-13(2)18(23)21-20-17(22)11-24-15-9-5-14(19)6-10-15/h3-10,13H,11H2,1-2H3,(H,20,22)(H,21,23). The average molecular weight is 407 g/mol. The van der Waals surface area contributed by atoms with Crippen LogP contribution in [0.25, 0.3) is 0 Å². The Hall–Kier alpha value is -2.54. The summed E-state index contributed by atoms with van der Waals surface area (Å²) in [4.78, 5) is 23.6. The zero-order valence-electron chi connectivity index (χ0n) is 13.9. The second-order valence-corrected chi connectivity index (χ2v) is 6.27. The predicted molar refractivity (Wildman–Crippen MR) is 97.2 cm³/mol. The highest BCUT2D eigenvalue weighted by Crippen LogP contribution is 2.16. The molecule has 0 aliphatic carbocycles. The van der Waals surface area contributed by atoms with E-state index in [2.05, 4.69) is 26.8 Å². The number of hydrogen-bond acceptors (Lipinski definition) is 4. The second-order valence-electron chi connectivity index (χ2n) is 5.35. The van der Waals surface area contributed by atoms with E-state index in [0.29, 0.717) is 11.5 Å². The number of aryl methyl sites for hydroxylation is 1. The minimum absolute atomic E-state index is 0.213. The molecule has 0 saturated heterocycles. The predicted octanol–water partition coefficient (Wildman–Crippen LogP) is 2.75. The molecule has 6 nitrogen and oxygen atoms in total. The molecule has 1 unspecified atom stereocenters. The van der Waals surface area contributed by atoms with E-state index in [1.165, 1.54) is 0 Å². The molecule has 25 heavy (non-hydrogen) atoms. The van der Waals surface area contributed by atoms with Crippen LogP contribution in [0.15, 0.2) is 53.0 Å². The normalized spacial score (nSPS) is 11.3. The largest absolute Gasteiger partial charge is 0.484 e. The fourth-order valence-corrected chi connectivity index (χ4v) is 2.09. The van der Waals surface area contributed by atoms with Gasteiger partial charge in [0.2, 0.25) is 0 Å². The Morgan fingerprint density at radius 3 is 2.24 bits per heavy atom. The number of nitrogens with one attached hydrogen (secondary N) is 2. The molecule has 0 aliphatic rings. The van der Waals surface area contributed by atoms with Crippen LogP contribution in [-0.4, -0.2) is 24.5 Å². The summed E-state index contributed by atoms with van der Waals surface area (Å²) in [6.45, 7) is 3.35. The van der Waals surface area contributed by atoms with Crippen LogP contribution in [0.2, 0.25) is 0 Å². The van der Waals surface area contributed by atoms with E-state index in [-0.39, 0.29) is 6.61 Å². The third-order valence-electron chi connectivity index (χ3n) is 3.21. The van der Waals surface area contributed by atoms with Crippen LogP contribution in [0.3, 0.4) is 0 Å². The number of carbonyl (C=O) groups excluding carboxylic acids is 2. The molecule has 0 spiro atoms. The number of hydrazine groups is 1. The van der Waals surface area contributed by atoms with Crippen LogP contribution < -0.4 is 20.3 Å². The zero-order chi connectivity index (χ0) is 18.2. The topological polar surface area (TPSA) is 76.7 Å². The van der Waals surface area contributed by atoms with Crippen molar-refractivity contribution in [3.8, 4) is 11.5 Å². The van der Waals surface area contributed by atoms with Crippen LogP contribution >= 0.6 is 15.9 Å². The van der Waals surface area contributed by atoms with Crippen molar-refractivity contribution in [2.75, 3.05) is 6.61 Å². The van der Waals surface area contributed by atoms with Gasteiger partial charge in [-0.1, -0.05) is 33.6 Å². The van der Waals surface area contributed by atoms with E-state index in [0.717, 1.165) is 10.0 Å². The molecule has 0 bridgehead atoms. The highest BCUT2D eigenvalue weighted by Gasteiger charge is 2.15. The summed E-state index contributed by atoms with van der Waals surface area (Å²) in [6, 6.07) is 14.4. The lowest BCUT2D eigenvalue weighted by Crippen LogP contribution is -2.48. The van der Waals surface area contributed by atoms with Crippen molar-refractivity contribution in [1.82, 2.24) is 10.9 Å². The van der Waals surface area contributed by atoms with Gasteiger partial charge in [0.25, 0.3) is 11.8 Å². The van der Waals surface area contributed by atoms with Crippen molar-refractivity contribution in [2.24, 2.45) is 0 Å². The van der Waals surface area contributed by atoms with Crippen molar-refractivity contribution in [3.63, 3.8) is 0 Å². The quantitative estimate of drug-likeness (QED) is 0.723. The summed E-state index contributed by atoms with van der Waals surface area (Å²) in [7, 11) is 0. The van der Waals surface area contributed by atoms with E-state index in [1.54, 1.807) is 43.3 Å². The van der Waals surface area contributed by atoms with Gasteiger partial charge >= 0.3 is 0 Å². The van der Waals surface area contributed by atoms with E-state index < -0.39 is 17.9 Å². The average Bonchev–Trinajstić information content (AvgIpc) is 2.61. The first-order valence-electron chi connectivity index (χ1n) is 7.64. The molecule has 1 atom stereocenters. The summed E-state index contributed by atoms with van der Waals surface area (Å²) in [5.74, 6) is 0.204. The molecule has 2 aromatic rings. The van der Waals surface area contributed by atoms with Gasteiger partial charge in [-0.05, 0) is 50.2 Å². The second kappa shape index (κ2) is 9.08. The molecule has 0 fully saturated rings. The highest BCUT2D eigenvalue weighted by molar-refractivity contribution is 9.10. The van der Waals surface area contributed by atoms with Gasteiger partial charge < -0.3 is 9.47 Å². The smallest absolute Gasteiger partial charge is 0.279 e. The molecule has 2 N–H and O–H groups in total. The molecule has 2 rings (SSSR count). The molecule has 2 amide bonds. The van der Waals surface area contributed by atoms with Crippen molar-refractivity contribution in [2.45, 2.75) is 20.0 Å². The Morgan fingerprint density at radius 2 is 1.60 bits per heavy atom. The monoisotopic (exact) mass is 406 g/mol. The Kier molecular flexibility index (Phi) is 6.82. The van der Waals surface area contributed by atoms with Gasteiger partial charge in [0.15, 0.2) is 12.7 Å². The highest BCUT2D eigenvalue weighted by atomic mass is 79.9. The fraction of sp³-hybridized carbons (Fsp3) is 0.222. The van der Waals surface area contributed by atoms with Crippen molar-refractivity contribution >= 4 is 27.7 Å². The summed E-state index contributed by atoms with van der Waals surface area (Å²) in [6.07, 6.45) is -0.754. The van der Waals surface area contributed by atoms with Gasteiger partial charge in [0.1, 0.15) is 11.5 Å². The Morgan fingerprint density at radius 1 is 1.00 bits per heavy atom. The summed E-state index contributed by atoms with van der Waals surface area (Å²) in [5.41, 5.74) is 5.69. The van der Waals surface area contributed by atoms with Crippen LogP contribution in [0.1, 0.15) is 12.5 Å². The van der Waals surface area contributed by atoms with Gasteiger partial charge in [-0.15, -0.1) is 0 Å². The molecule has 0 heterocycles. The number of hydrogen-bond donors (Lipinski definition) is 2. The van der Waals surface area contributed by atoms with Gasteiger partial charge in [-0.3, -0.25) is 20.4 Å². The Balaban J connectivity index is 1.71. The molecule has 2 aromatic carbocycles. The van der Waals surface area contributed by atoms with E-state index in [9.17, 15) is 9.59 Å². The number of rotatable bonds is 6. The molecule has 7 heteroatoms.